The normalized spacial score (nSPS) is 30.9. The monoisotopic (exact) mass is 379 g/mol. The van der Waals surface area contributed by atoms with Gasteiger partial charge in [0.05, 0.1) is 16.7 Å². The van der Waals surface area contributed by atoms with Crippen LogP contribution >= 0.6 is 15.9 Å². The van der Waals surface area contributed by atoms with Crippen LogP contribution < -0.4 is 5.32 Å². The zero-order valence-corrected chi connectivity index (χ0v) is 15.3. The van der Waals surface area contributed by atoms with Gasteiger partial charge in [-0.15, -0.1) is 0 Å². The van der Waals surface area contributed by atoms with Crippen molar-refractivity contribution in [2.24, 2.45) is 0 Å². The van der Waals surface area contributed by atoms with Crippen molar-refractivity contribution < 1.29 is 14.6 Å². The number of carbonyl (C=O) groups is 1. The SMILES string of the molecule is COC1(C)CCC2(CC1)NC(=O)C(c1cc(Br)ccc1C)=C2O. The molecule has 1 aliphatic heterocycles. The van der Waals surface area contributed by atoms with Crippen LogP contribution in [0.4, 0.5) is 0 Å². The molecule has 1 aliphatic carbocycles. The lowest BCUT2D eigenvalue weighted by molar-refractivity contribution is -0.117. The highest BCUT2D eigenvalue weighted by molar-refractivity contribution is 9.10. The molecule has 1 amide bonds. The molecule has 0 saturated heterocycles. The largest absolute Gasteiger partial charge is 0.509 e. The van der Waals surface area contributed by atoms with Crippen molar-refractivity contribution in [3.8, 4) is 0 Å². The Morgan fingerprint density at radius 1 is 1.26 bits per heavy atom. The number of ether oxygens (including phenoxy) is 1. The summed E-state index contributed by atoms with van der Waals surface area (Å²) in [5, 5.41) is 13.9. The quantitative estimate of drug-likeness (QED) is 0.819. The molecule has 3 rings (SSSR count). The van der Waals surface area contributed by atoms with E-state index < -0.39 is 5.54 Å². The minimum atomic E-state index is -0.640. The number of hydrogen-bond acceptors (Lipinski definition) is 3. The number of hydrogen-bond donors (Lipinski definition) is 2. The minimum Gasteiger partial charge on any atom is -0.509 e. The maximum atomic E-state index is 12.6. The molecule has 2 aliphatic rings. The van der Waals surface area contributed by atoms with Crippen LogP contribution in [0.5, 0.6) is 0 Å². The Kier molecular flexibility index (Phi) is 4.05. The van der Waals surface area contributed by atoms with Crippen LogP contribution in [0, 0.1) is 6.92 Å². The maximum absolute atomic E-state index is 12.6. The van der Waals surface area contributed by atoms with Gasteiger partial charge in [0.1, 0.15) is 5.76 Å². The molecule has 0 unspecified atom stereocenters. The van der Waals surface area contributed by atoms with Crippen LogP contribution in [0.3, 0.4) is 0 Å². The van der Waals surface area contributed by atoms with E-state index in [-0.39, 0.29) is 17.3 Å². The number of rotatable bonds is 2. The Morgan fingerprint density at radius 3 is 2.52 bits per heavy atom. The highest BCUT2D eigenvalue weighted by Crippen LogP contribution is 2.45. The fourth-order valence-electron chi connectivity index (χ4n) is 3.57. The second-order valence-corrected chi connectivity index (χ2v) is 7.79. The van der Waals surface area contributed by atoms with Gasteiger partial charge in [-0.25, -0.2) is 0 Å². The van der Waals surface area contributed by atoms with Gasteiger partial charge in [-0.05, 0) is 62.8 Å². The van der Waals surface area contributed by atoms with Gasteiger partial charge < -0.3 is 15.2 Å². The number of halogens is 1. The average Bonchev–Trinajstić information content (AvgIpc) is 2.76. The molecule has 0 bridgehead atoms. The number of aryl methyl sites for hydroxylation is 1. The third kappa shape index (κ3) is 2.70. The van der Waals surface area contributed by atoms with Gasteiger partial charge in [-0.2, -0.15) is 0 Å². The zero-order valence-electron chi connectivity index (χ0n) is 13.7. The molecular weight excluding hydrogens is 358 g/mol. The van der Waals surface area contributed by atoms with Crippen molar-refractivity contribution in [3.05, 3.63) is 39.6 Å². The predicted molar refractivity (Wildman–Crippen MR) is 93.2 cm³/mol. The van der Waals surface area contributed by atoms with Crippen LogP contribution in [-0.4, -0.2) is 29.3 Å². The molecule has 1 spiro atoms. The number of aliphatic hydroxyl groups is 1. The van der Waals surface area contributed by atoms with E-state index in [1.165, 1.54) is 0 Å². The van der Waals surface area contributed by atoms with E-state index >= 15 is 0 Å². The molecular formula is C18H22BrNO3. The van der Waals surface area contributed by atoms with Gasteiger partial charge in [0.2, 0.25) is 0 Å². The number of methoxy groups -OCH3 is 1. The molecule has 1 fully saturated rings. The van der Waals surface area contributed by atoms with Gasteiger partial charge in [-0.1, -0.05) is 22.0 Å². The number of nitrogens with one attached hydrogen (secondary N) is 1. The van der Waals surface area contributed by atoms with Crippen LogP contribution in [0.2, 0.25) is 0 Å². The molecule has 1 aromatic carbocycles. The summed E-state index contributed by atoms with van der Waals surface area (Å²) < 4.78 is 6.46. The molecule has 4 nitrogen and oxygen atoms in total. The number of aliphatic hydroxyl groups excluding tert-OH is 1. The molecule has 0 atom stereocenters. The van der Waals surface area contributed by atoms with E-state index in [0.717, 1.165) is 28.4 Å². The van der Waals surface area contributed by atoms with Gasteiger partial charge in [0.15, 0.2) is 0 Å². The molecule has 124 valence electrons. The standard InChI is InChI=1S/C18H22BrNO3/c1-11-4-5-12(19)10-13(11)14-15(21)18(20-16(14)22)8-6-17(2,23-3)7-9-18/h4-5,10,21H,6-9H2,1-3H3,(H,20,22). The Hall–Kier alpha value is -1.33. The summed E-state index contributed by atoms with van der Waals surface area (Å²) in [6.07, 6.45) is 2.98. The first-order valence-electron chi connectivity index (χ1n) is 7.88. The fourth-order valence-corrected chi connectivity index (χ4v) is 3.93. The third-order valence-corrected chi connectivity index (χ3v) is 5.89. The van der Waals surface area contributed by atoms with E-state index in [1.807, 2.05) is 25.1 Å². The van der Waals surface area contributed by atoms with E-state index in [1.54, 1.807) is 7.11 Å². The van der Waals surface area contributed by atoms with Gasteiger partial charge >= 0.3 is 0 Å². The second kappa shape index (κ2) is 5.64. The minimum absolute atomic E-state index is 0.176. The van der Waals surface area contributed by atoms with Crippen LogP contribution in [0.25, 0.3) is 5.57 Å². The summed E-state index contributed by atoms with van der Waals surface area (Å²) in [6, 6.07) is 5.77. The number of benzene rings is 1. The Morgan fingerprint density at radius 2 is 1.91 bits per heavy atom. The van der Waals surface area contributed by atoms with E-state index in [9.17, 15) is 9.90 Å². The maximum Gasteiger partial charge on any atom is 0.256 e. The summed E-state index contributed by atoms with van der Waals surface area (Å²) in [5.74, 6) is -0.00780. The predicted octanol–water partition coefficient (Wildman–Crippen LogP) is 3.87. The van der Waals surface area contributed by atoms with Crippen molar-refractivity contribution in [2.45, 2.75) is 50.7 Å². The summed E-state index contributed by atoms with van der Waals surface area (Å²) in [4.78, 5) is 12.6. The van der Waals surface area contributed by atoms with Crippen molar-refractivity contribution in [3.63, 3.8) is 0 Å². The Labute approximate surface area is 145 Å². The molecule has 23 heavy (non-hydrogen) atoms. The third-order valence-electron chi connectivity index (χ3n) is 5.39. The van der Waals surface area contributed by atoms with Gasteiger partial charge in [0, 0.05) is 11.6 Å². The smallest absolute Gasteiger partial charge is 0.256 e. The fraction of sp³-hybridized carbons (Fsp3) is 0.500. The van der Waals surface area contributed by atoms with Crippen molar-refractivity contribution in [2.75, 3.05) is 7.11 Å². The molecule has 5 heteroatoms. The zero-order chi connectivity index (χ0) is 16.8. The lowest BCUT2D eigenvalue weighted by atomic mass is 9.74. The second-order valence-electron chi connectivity index (χ2n) is 6.87. The van der Waals surface area contributed by atoms with E-state index in [0.29, 0.717) is 18.4 Å². The summed E-state index contributed by atoms with van der Waals surface area (Å²) in [6.45, 7) is 4.03. The highest BCUT2D eigenvalue weighted by Gasteiger charge is 2.50. The Bertz CT molecular complexity index is 688. The molecule has 0 aromatic heterocycles. The lowest BCUT2D eigenvalue weighted by Gasteiger charge is -2.42. The van der Waals surface area contributed by atoms with E-state index in [4.69, 9.17) is 4.74 Å². The first-order chi connectivity index (χ1) is 10.8. The molecule has 1 heterocycles. The van der Waals surface area contributed by atoms with Crippen molar-refractivity contribution in [1.29, 1.82) is 0 Å². The van der Waals surface area contributed by atoms with Crippen LogP contribution in [0.15, 0.2) is 28.4 Å². The van der Waals surface area contributed by atoms with Gasteiger partial charge in [-0.3, -0.25) is 4.79 Å². The summed E-state index contributed by atoms with van der Waals surface area (Å²) >= 11 is 3.44. The topological polar surface area (TPSA) is 58.6 Å². The number of carbonyl (C=O) groups excluding carboxylic acids is 1. The van der Waals surface area contributed by atoms with Crippen LogP contribution in [0.1, 0.15) is 43.7 Å². The average molecular weight is 380 g/mol. The summed E-state index contributed by atoms with van der Waals surface area (Å²) in [7, 11) is 1.72. The number of amides is 1. The van der Waals surface area contributed by atoms with Crippen molar-refractivity contribution >= 4 is 27.4 Å². The molecule has 1 saturated carbocycles. The first-order valence-corrected chi connectivity index (χ1v) is 8.67. The summed E-state index contributed by atoms with van der Waals surface area (Å²) in [5.41, 5.74) is 1.35. The van der Waals surface area contributed by atoms with E-state index in [2.05, 4.69) is 28.2 Å². The lowest BCUT2D eigenvalue weighted by Crippen LogP contribution is -2.51. The highest BCUT2D eigenvalue weighted by atomic mass is 79.9. The molecule has 1 aromatic rings. The Balaban J connectivity index is 2.00. The molecule has 2 N–H and O–H groups in total. The van der Waals surface area contributed by atoms with Gasteiger partial charge in [0.25, 0.3) is 5.91 Å². The van der Waals surface area contributed by atoms with Crippen LogP contribution in [-0.2, 0) is 9.53 Å². The first kappa shape index (κ1) is 16.5. The van der Waals surface area contributed by atoms with Crippen molar-refractivity contribution in [1.82, 2.24) is 5.32 Å². The molecule has 0 radical (unpaired) electrons.